The molecule has 0 bridgehead atoms. The van der Waals surface area contributed by atoms with E-state index in [1.165, 1.54) is 22.0 Å². The Morgan fingerprint density at radius 1 is 1.21 bits per heavy atom. The molecule has 8 heteroatoms. The molecule has 1 amide bonds. The summed E-state index contributed by atoms with van der Waals surface area (Å²) in [6.45, 7) is 2.59. The van der Waals surface area contributed by atoms with Crippen molar-refractivity contribution in [1.82, 2.24) is 14.9 Å². The van der Waals surface area contributed by atoms with Gasteiger partial charge in [0.05, 0.1) is 12.4 Å². The van der Waals surface area contributed by atoms with Crippen molar-refractivity contribution >= 4 is 23.4 Å². The summed E-state index contributed by atoms with van der Waals surface area (Å²) in [6, 6.07) is 15.8. The highest BCUT2D eigenvalue weighted by Crippen LogP contribution is 2.31. The number of thioether (sulfide) groups is 1. The first-order chi connectivity index (χ1) is 14.1. The van der Waals surface area contributed by atoms with E-state index in [0.717, 1.165) is 23.4 Å². The quantitative estimate of drug-likeness (QED) is 0.498. The van der Waals surface area contributed by atoms with Crippen molar-refractivity contribution in [3.8, 4) is 5.75 Å². The number of amides is 1. The van der Waals surface area contributed by atoms with Gasteiger partial charge >= 0.3 is 0 Å². The standard InChI is InChI=1S/C21H23N5O2S/c1-14(20(27)25-12-11-16-5-3-4-6-18(16)25)29-21-24-23-19(26(21)22)13-15-7-9-17(28-2)10-8-15/h3-10,14H,11-13,22H2,1-2H3/t14-/m0/s1. The molecule has 0 radical (unpaired) electrons. The lowest BCUT2D eigenvalue weighted by Crippen LogP contribution is -2.35. The molecule has 1 aliphatic rings. The van der Waals surface area contributed by atoms with Gasteiger partial charge in [-0.2, -0.15) is 0 Å². The number of hydrogen-bond donors (Lipinski definition) is 1. The smallest absolute Gasteiger partial charge is 0.240 e. The molecule has 0 fully saturated rings. The first-order valence-electron chi connectivity index (χ1n) is 9.45. The number of hydrogen-bond acceptors (Lipinski definition) is 6. The minimum absolute atomic E-state index is 0.0552. The third kappa shape index (κ3) is 3.93. The molecule has 0 unspecified atom stereocenters. The molecule has 4 rings (SSSR count). The van der Waals surface area contributed by atoms with Gasteiger partial charge in [0.25, 0.3) is 0 Å². The van der Waals surface area contributed by atoms with Gasteiger partial charge in [-0.25, -0.2) is 4.68 Å². The second kappa shape index (κ2) is 8.16. The number of aromatic nitrogens is 3. The van der Waals surface area contributed by atoms with E-state index in [9.17, 15) is 4.79 Å². The second-order valence-corrected chi connectivity index (χ2v) is 8.23. The molecule has 0 saturated heterocycles. The monoisotopic (exact) mass is 409 g/mol. The average molecular weight is 410 g/mol. The van der Waals surface area contributed by atoms with E-state index < -0.39 is 0 Å². The number of carbonyl (C=O) groups is 1. The van der Waals surface area contributed by atoms with Crippen LogP contribution in [0.4, 0.5) is 5.69 Å². The molecule has 1 atom stereocenters. The van der Waals surface area contributed by atoms with Crippen LogP contribution in [0.3, 0.4) is 0 Å². The van der Waals surface area contributed by atoms with E-state index >= 15 is 0 Å². The van der Waals surface area contributed by atoms with Gasteiger partial charge in [0.1, 0.15) is 5.75 Å². The highest BCUT2D eigenvalue weighted by atomic mass is 32.2. The number of nitrogens with two attached hydrogens (primary N) is 1. The van der Waals surface area contributed by atoms with E-state index in [1.807, 2.05) is 54.3 Å². The largest absolute Gasteiger partial charge is 0.497 e. The van der Waals surface area contributed by atoms with Crippen LogP contribution in [-0.2, 0) is 17.6 Å². The predicted molar refractivity (Wildman–Crippen MR) is 114 cm³/mol. The molecule has 1 aliphatic heterocycles. The van der Waals surface area contributed by atoms with Gasteiger partial charge in [-0.3, -0.25) is 4.79 Å². The van der Waals surface area contributed by atoms with Crippen molar-refractivity contribution in [3.63, 3.8) is 0 Å². The van der Waals surface area contributed by atoms with Crippen molar-refractivity contribution in [1.29, 1.82) is 0 Å². The third-order valence-electron chi connectivity index (χ3n) is 5.04. The average Bonchev–Trinajstić information content (AvgIpc) is 3.32. The van der Waals surface area contributed by atoms with Crippen LogP contribution in [0, 0.1) is 0 Å². The molecule has 2 heterocycles. The molecule has 2 N–H and O–H groups in total. The number of fused-ring (bicyclic) bond motifs is 1. The molecule has 150 valence electrons. The minimum atomic E-state index is -0.318. The summed E-state index contributed by atoms with van der Waals surface area (Å²) in [4.78, 5) is 14.8. The Bertz CT molecular complexity index is 1020. The Kier molecular flexibility index (Phi) is 5.44. The zero-order valence-corrected chi connectivity index (χ0v) is 17.2. The molecule has 7 nitrogen and oxygen atoms in total. The SMILES string of the molecule is COc1ccc(Cc2nnc(S[C@@H](C)C(=O)N3CCc4ccccc43)n2N)cc1. The maximum absolute atomic E-state index is 13.0. The Hall–Kier alpha value is -3.00. The van der Waals surface area contributed by atoms with Crippen molar-refractivity contribution < 1.29 is 9.53 Å². The van der Waals surface area contributed by atoms with E-state index in [0.29, 0.717) is 23.9 Å². The van der Waals surface area contributed by atoms with Crippen molar-refractivity contribution in [2.75, 3.05) is 24.4 Å². The van der Waals surface area contributed by atoms with Gasteiger partial charge in [0.15, 0.2) is 5.82 Å². The molecule has 0 spiro atoms. The fourth-order valence-corrected chi connectivity index (χ4v) is 4.28. The van der Waals surface area contributed by atoms with Gasteiger partial charge in [0.2, 0.25) is 11.1 Å². The molecular formula is C21H23N5O2S. The van der Waals surface area contributed by atoms with E-state index in [4.69, 9.17) is 10.6 Å². The maximum Gasteiger partial charge on any atom is 0.240 e. The van der Waals surface area contributed by atoms with Crippen LogP contribution in [0.2, 0.25) is 0 Å². The first-order valence-corrected chi connectivity index (χ1v) is 10.3. The van der Waals surface area contributed by atoms with Crippen LogP contribution in [-0.4, -0.2) is 39.7 Å². The van der Waals surface area contributed by atoms with E-state index in [1.54, 1.807) is 7.11 Å². The minimum Gasteiger partial charge on any atom is -0.497 e. The first kappa shape index (κ1) is 19.3. The number of methoxy groups -OCH3 is 1. The van der Waals surface area contributed by atoms with Crippen LogP contribution in [0.5, 0.6) is 5.75 Å². The molecule has 29 heavy (non-hydrogen) atoms. The van der Waals surface area contributed by atoms with Gasteiger partial charge in [-0.1, -0.05) is 42.1 Å². The number of carbonyl (C=O) groups excluding carboxylic acids is 1. The van der Waals surface area contributed by atoms with Gasteiger partial charge in [-0.15, -0.1) is 10.2 Å². The lowest BCUT2D eigenvalue weighted by molar-refractivity contribution is -0.117. The molecular weight excluding hydrogens is 386 g/mol. The van der Waals surface area contributed by atoms with Crippen LogP contribution < -0.4 is 15.5 Å². The Balaban J connectivity index is 1.44. The Morgan fingerprint density at radius 3 is 2.72 bits per heavy atom. The summed E-state index contributed by atoms with van der Waals surface area (Å²) in [5, 5.41) is 8.62. The van der Waals surface area contributed by atoms with Crippen LogP contribution in [0.25, 0.3) is 0 Å². The third-order valence-corrected chi connectivity index (χ3v) is 6.08. The number of benzene rings is 2. The number of nitrogens with zero attached hydrogens (tertiary/aromatic N) is 4. The summed E-state index contributed by atoms with van der Waals surface area (Å²) >= 11 is 1.33. The highest BCUT2D eigenvalue weighted by molar-refractivity contribution is 8.00. The van der Waals surface area contributed by atoms with Gasteiger partial charge in [-0.05, 0) is 42.7 Å². The summed E-state index contributed by atoms with van der Waals surface area (Å²) in [5.74, 6) is 7.71. The molecule has 2 aromatic carbocycles. The number of rotatable bonds is 6. The number of nitrogen functional groups attached to an aromatic ring is 1. The normalized spacial score (nSPS) is 13.9. The van der Waals surface area contributed by atoms with Crippen LogP contribution >= 0.6 is 11.8 Å². The maximum atomic E-state index is 13.0. The summed E-state index contributed by atoms with van der Waals surface area (Å²) in [6.07, 6.45) is 1.44. The molecule has 0 aliphatic carbocycles. The lowest BCUT2D eigenvalue weighted by atomic mass is 10.1. The summed E-state index contributed by atoms with van der Waals surface area (Å²) < 4.78 is 6.65. The Morgan fingerprint density at radius 2 is 1.97 bits per heavy atom. The molecule has 1 aromatic heterocycles. The molecule has 0 saturated carbocycles. The second-order valence-electron chi connectivity index (χ2n) is 6.92. The zero-order valence-electron chi connectivity index (χ0n) is 16.4. The van der Waals surface area contributed by atoms with E-state index in [-0.39, 0.29) is 11.2 Å². The number of anilines is 1. The van der Waals surface area contributed by atoms with E-state index in [2.05, 4.69) is 16.3 Å². The Labute approximate surface area is 173 Å². The predicted octanol–water partition coefficient (Wildman–Crippen LogP) is 2.66. The topological polar surface area (TPSA) is 86.3 Å². The summed E-state index contributed by atoms with van der Waals surface area (Å²) in [5.41, 5.74) is 3.26. The van der Waals surface area contributed by atoms with Crippen LogP contribution in [0.1, 0.15) is 23.9 Å². The van der Waals surface area contributed by atoms with Crippen molar-refractivity contribution in [2.45, 2.75) is 30.2 Å². The highest BCUT2D eigenvalue weighted by Gasteiger charge is 2.29. The fourth-order valence-electron chi connectivity index (χ4n) is 3.43. The van der Waals surface area contributed by atoms with Gasteiger partial charge < -0.3 is 15.5 Å². The number of ether oxygens (including phenoxy) is 1. The zero-order chi connectivity index (χ0) is 20.4. The lowest BCUT2D eigenvalue weighted by Gasteiger charge is -2.21. The molecule has 3 aromatic rings. The fraction of sp³-hybridized carbons (Fsp3) is 0.286. The summed E-state index contributed by atoms with van der Waals surface area (Å²) in [7, 11) is 1.64. The van der Waals surface area contributed by atoms with Crippen molar-refractivity contribution in [3.05, 3.63) is 65.5 Å². The van der Waals surface area contributed by atoms with Crippen molar-refractivity contribution in [2.24, 2.45) is 0 Å². The van der Waals surface area contributed by atoms with Gasteiger partial charge in [0, 0.05) is 18.7 Å². The van der Waals surface area contributed by atoms with Crippen LogP contribution in [0.15, 0.2) is 53.7 Å². The number of para-hydroxylation sites is 1.